The lowest BCUT2D eigenvalue weighted by atomic mass is 10.4. The molecule has 14 heavy (non-hydrogen) atoms. The van der Waals surface area contributed by atoms with Crippen LogP contribution in [-0.4, -0.2) is 35.8 Å². The molecule has 0 spiro atoms. The molecule has 6 heteroatoms. The highest BCUT2D eigenvalue weighted by molar-refractivity contribution is 7.73. The van der Waals surface area contributed by atoms with Crippen molar-refractivity contribution in [2.45, 2.75) is 6.67 Å². The number of nitrogens with two attached hydrogens (primary N) is 1. The molecule has 0 atom stereocenters. The third-order valence-electron chi connectivity index (χ3n) is 2.26. The first kappa shape index (κ1) is 10.1. The Kier molecular flexibility index (Phi) is 3.17. The van der Waals surface area contributed by atoms with Gasteiger partial charge in [-0.25, -0.2) is 0 Å². The van der Waals surface area contributed by atoms with E-state index in [1.807, 2.05) is 9.95 Å². The summed E-state index contributed by atoms with van der Waals surface area (Å²) >= 11 is 6.70. The minimum Gasteiger partial charge on any atom is -0.384 e. The standard InChI is InChI=1S/C8H13N3OS2/c9-7-5-14-8(13)11(7)6-10-1-3-12-4-2-10/h5H,1-4,6,9H2. The lowest BCUT2D eigenvalue weighted by Crippen LogP contribution is -2.37. The molecular weight excluding hydrogens is 218 g/mol. The number of thiazole rings is 1. The van der Waals surface area contributed by atoms with Gasteiger partial charge in [-0.2, -0.15) is 0 Å². The van der Waals surface area contributed by atoms with E-state index in [4.69, 9.17) is 22.7 Å². The van der Waals surface area contributed by atoms with Crippen LogP contribution < -0.4 is 5.73 Å². The van der Waals surface area contributed by atoms with Crippen LogP contribution >= 0.6 is 23.6 Å². The van der Waals surface area contributed by atoms with Crippen molar-refractivity contribution in [1.82, 2.24) is 9.47 Å². The third-order valence-corrected chi connectivity index (χ3v) is 3.55. The van der Waals surface area contributed by atoms with Crippen LogP contribution in [-0.2, 0) is 11.4 Å². The van der Waals surface area contributed by atoms with Gasteiger partial charge in [-0.05, 0) is 12.2 Å². The van der Waals surface area contributed by atoms with Gasteiger partial charge in [0.25, 0.3) is 0 Å². The second-order valence-electron chi connectivity index (χ2n) is 3.23. The molecule has 0 amide bonds. The second-order valence-corrected chi connectivity index (χ2v) is 4.73. The zero-order valence-corrected chi connectivity index (χ0v) is 9.44. The van der Waals surface area contributed by atoms with Gasteiger partial charge in [0.2, 0.25) is 0 Å². The Hall–Kier alpha value is -0.430. The van der Waals surface area contributed by atoms with E-state index >= 15 is 0 Å². The molecular formula is C8H13N3OS2. The Balaban J connectivity index is 2.06. The zero-order valence-electron chi connectivity index (χ0n) is 7.81. The summed E-state index contributed by atoms with van der Waals surface area (Å²) in [6, 6.07) is 0. The average Bonchev–Trinajstić information content (AvgIpc) is 2.51. The first-order valence-electron chi connectivity index (χ1n) is 4.51. The number of morpholine rings is 1. The fourth-order valence-electron chi connectivity index (χ4n) is 1.43. The number of ether oxygens (including phenoxy) is 1. The number of aromatic nitrogens is 1. The average molecular weight is 231 g/mol. The van der Waals surface area contributed by atoms with Crippen LogP contribution in [0, 0.1) is 3.95 Å². The summed E-state index contributed by atoms with van der Waals surface area (Å²) in [6.07, 6.45) is 0. The van der Waals surface area contributed by atoms with Crippen LogP contribution in [0.15, 0.2) is 5.38 Å². The molecule has 1 aliphatic heterocycles. The molecule has 0 radical (unpaired) electrons. The minimum absolute atomic E-state index is 0.756. The van der Waals surface area contributed by atoms with E-state index < -0.39 is 0 Å². The van der Waals surface area contributed by atoms with Gasteiger partial charge >= 0.3 is 0 Å². The van der Waals surface area contributed by atoms with E-state index in [1.165, 1.54) is 11.3 Å². The van der Waals surface area contributed by atoms with Crippen molar-refractivity contribution >= 4 is 29.4 Å². The quantitative estimate of drug-likeness (QED) is 0.776. The van der Waals surface area contributed by atoms with E-state index in [0.717, 1.165) is 42.7 Å². The Morgan fingerprint density at radius 3 is 2.79 bits per heavy atom. The Labute approximate surface area is 91.9 Å². The highest BCUT2D eigenvalue weighted by Crippen LogP contribution is 2.14. The van der Waals surface area contributed by atoms with Gasteiger partial charge in [0.05, 0.1) is 19.9 Å². The molecule has 2 heterocycles. The highest BCUT2D eigenvalue weighted by atomic mass is 32.1. The maximum Gasteiger partial charge on any atom is 0.163 e. The fraction of sp³-hybridized carbons (Fsp3) is 0.625. The molecule has 78 valence electrons. The molecule has 2 rings (SSSR count). The molecule has 2 N–H and O–H groups in total. The van der Waals surface area contributed by atoms with Gasteiger partial charge in [0.1, 0.15) is 5.82 Å². The summed E-state index contributed by atoms with van der Waals surface area (Å²) < 4.78 is 8.08. The number of hydrogen-bond donors (Lipinski definition) is 1. The Bertz CT molecular complexity index is 354. The van der Waals surface area contributed by atoms with E-state index in [0.29, 0.717) is 0 Å². The lowest BCUT2D eigenvalue weighted by Gasteiger charge is -2.27. The predicted molar refractivity (Wildman–Crippen MR) is 59.9 cm³/mol. The van der Waals surface area contributed by atoms with Crippen molar-refractivity contribution in [3.8, 4) is 0 Å². The topological polar surface area (TPSA) is 43.4 Å². The van der Waals surface area contributed by atoms with E-state index in [1.54, 1.807) is 0 Å². The summed E-state index contributed by atoms with van der Waals surface area (Å²) in [5.74, 6) is 0.756. The number of nitrogen functional groups attached to an aromatic ring is 1. The van der Waals surface area contributed by atoms with Gasteiger partial charge < -0.3 is 10.5 Å². The van der Waals surface area contributed by atoms with E-state index in [-0.39, 0.29) is 0 Å². The van der Waals surface area contributed by atoms with E-state index in [2.05, 4.69) is 4.90 Å². The normalized spacial score (nSPS) is 18.6. The molecule has 0 aromatic carbocycles. The van der Waals surface area contributed by atoms with Crippen molar-refractivity contribution in [3.05, 3.63) is 9.33 Å². The monoisotopic (exact) mass is 231 g/mol. The maximum atomic E-state index is 5.81. The molecule has 1 aliphatic rings. The summed E-state index contributed by atoms with van der Waals surface area (Å²) in [5.41, 5.74) is 5.81. The number of nitrogens with zero attached hydrogens (tertiary/aromatic N) is 2. The van der Waals surface area contributed by atoms with Gasteiger partial charge in [-0.3, -0.25) is 9.47 Å². The van der Waals surface area contributed by atoms with Gasteiger partial charge in [0, 0.05) is 18.5 Å². The molecule has 0 aliphatic carbocycles. The molecule has 0 saturated carbocycles. The lowest BCUT2D eigenvalue weighted by molar-refractivity contribution is 0.0237. The van der Waals surface area contributed by atoms with Crippen LogP contribution in [0.25, 0.3) is 0 Å². The Morgan fingerprint density at radius 1 is 1.50 bits per heavy atom. The van der Waals surface area contributed by atoms with Crippen LogP contribution in [0.2, 0.25) is 0 Å². The SMILES string of the molecule is Nc1csc(=S)n1CN1CCOCC1. The second kappa shape index (κ2) is 4.39. The van der Waals surface area contributed by atoms with Gasteiger partial charge in [-0.15, -0.1) is 11.3 Å². The van der Waals surface area contributed by atoms with E-state index in [9.17, 15) is 0 Å². The molecule has 1 aromatic heterocycles. The Morgan fingerprint density at radius 2 is 2.21 bits per heavy atom. The van der Waals surface area contributed by atoms with Gasteiger partial charge in [-0.1, -0.05) is 0 Å². The van der Waals surface area contributed by atoms with Crippen LogP contribution in [0.3, 0.4) is 0 Å². The first-order valence-corrected chi connectivity index (χ1v) is 5.80. The summed E-state index contributed by atoms with van der Waals surface area (Å²) in [5, 5.41) is 1.89. The van der Waals surface area contributed by atoms with Crippen LogP contribution in [0.1, 0.15) is 0 Å². The van der Waals surface area contributed by atoms with Crippen molar-refractivity contribution in [2.24, 2.45) is 0 Å². The maximum absolute atomic E-state index is 5.81. The summed E-state index contributed by atoms with van der Waals surface area (Å²) in [4.78, 5) is 2.29. The molecule has 0 unspecified atom stereocenters. The molecule has 1 fully saturated rings. The molecule has 1 aromatic rings. The zero-order chi connectivity index (χ0) is 9.97. The molecule has 0 bridgehead atoms. The predicted octanol–water partition coefficient (Wildman–Crippen LogP) is 1.15. The van der Waals surface area contributed by atoms with Gasteiger partial charge in [0.15, 0.2) is 3.95 Å². The number of hydrogen-bond acceptors (Lipinski definition) is 5. The molecule has 4 nitrogen and oxygen atoms in total. The summed E-state index contributed by atoms with van der Waals surface area (Å²) in [6.45, 7) is 4.31. The fourth-order valence-corrected chi connectivity index (χ4v) is 2.37. The third kappa shape index (κ3) is 2.14. The number of rotatable bonds is 2. The van der Waals surface area contributed by atoms with Crippen molar-refractivity contribution in [3.63, 3.8) is 0 Å². The van der Waals surface area contributed by atoms with Crippen LogP contribution in [0.4, 0.5) is 5.82 Å². The first-order chi connectivity index (χ1) is 6.77. The van der Waals surface area contributed by atoms with Crippen molar-refractivity contribution in [2.75, 3.05) is 32.0 Å². The minimum atomic E-state index is 0.756. The number of anilines is 1. The highest BCUT2D eigenvalue weighted by Gasteiger charge is 2.11. The largest absolute Gasteiger partial charge is 0.384 e. The van der Waals surface area contributed by atoms with Crippen molar-refractivity contribution in [1.29, 1.82) is 0 Å². The smallest absolute Gasteiger partial charge is 0.163 e. The molecule has 1 saturated heterocycles. The summed E-state index contributed by atoms with van der Waals surface area (Å²) in [7, 11) is 0. The van der Waals surface area contributed by atoms with Crippen molar-refractivity contribution < 1.29 is 4.74 Å². The van der Waals surface area contributed by atoms with Crippen LogP contribution in [0.5, 0.6) is 0 Å².